The van der Waals surface area contributed by atoms with Gasteiger partial charge in [-0.3, -0.25) is 25.1 Å². The van der Waals surface area contributed by atoms with Crippen molar-refractivity contribution in [3.05, 3.63) is 53.1 Å². The van der Waals surface area contributed by atoms with Crippen LogP contribution in [0.5, 0.6) is 0 Å². The molecule has 0 radical (unpaired) electrons. The number of nitrogens with zero attached hydrogens (tertiary/aromatic N) is 1. The molecule has 0 bridgehead atoms. The SMILES string of the molecule is N[C@@](O)(CCC(=O)N[C@@H](CS[C@H]1C2=C3[C@@H](CCCCCC14CCCC4)CC(Cc1ccncc1)=C[C@H]3C(=O)O2)C(=O)N[C@@H](O)C(=O)O)C(=O)O. The van der Waals surface area contributed by atoms with Gasteiger partial charge in [-0.25, -0.2) is 9.59 Å². The summed E-state index contributed by atoms with van der Waals surface area (Å²) in [5, 5.41) is 42.2. The van der Waals surface area contributed by atoms with E-state index in [4.69, 9.17) is 15.6 Å². The lowest BCUT2D eigenvalue weighted by Gasteiger charge is -2.40. The minimum absolute atomic E-state index is 0.0745. The van der Waals surface area contributed by atoms with Crippen LogP contribution in [0.15, 0.2) is 47.5 Å². The van der Waals surface area contributed by atoms with E-state index in [1.54, 1.807) is 12.4 Å². The van der Waals surface area contributed by atoms with Crippen LogP contribution in [-0.2, 0) is 35.1 Å². The quantitative estimate of drug-likeness (QED) is 0.0882. The number of carbonyl (C=O) groups is 5. The molecule has 2 amide bonds. The molecule has 3 aliphatic carbocycles. The second-order valence-corrected chi connectivity index (χ2v) is 15.1. The first kappa shape index (κ1) is 37.5. The number of rotatable bonds is 13. The topological polar surface area (TPSA) is 238 Å². The summed E-state index contributed by atoms with van der Waals surface area (Å²) >= 11 is 1.36. The summed E-state index contributed by atoms with van der Waals surface area (Å²) < 4.78 is 6.24. The molecule has 0 saturated heterocycles. The average Bonchev–Trinajstić information content (AvgIpc) is 3.68. The zero-order valence-electron chi connectivity index (χ0n) is 27.8. The number of aromatic nitrogens is 1. The second kappa shape index (κ2) is 16.0. The van der Waals surface area contributed by atoms with Crippen LogP contribution in [0.1, 0.15) is 82.6 Å². The van der Waals surface area contributed by atoms with Crippen LogP contribution in [0.25, 0.3) is 0 Å². The number of nitrogens with two attached hydrogens (primary N) is 1. The number of nitrogens with one attached hydrogen (secondary N) is 2. The molecule has 4 aliphatic rings. The summed E-state index contributed by atoms with van der Waals surface area (Å²) in [7, 11) is 0. The maximum atomic E-state index is 13.7. The molecule has 1 saturated carbocycles. The van der Waals surface area contributed by atoms with E-state index in [2.05, 4.69) is 10.3 Å². The fraction of sp³-hybridized carbons (Fsp3) is 0.600. The Hall–Kier alpha value is -3.79. The zero-order chi connectivity index (χ0) is 36.1. The number of carboxylic acids is 2. The second-order valence-electron chi connectivity index (χ2n) is 14.0. The molecule has 0 aromatic carbocycles. The van der Waals surface area contributed by atoms with E-state index in [0.29, 0.717) is 12.2 Å². The lowest BCUT2D eigenvalue weighted by molar-refractivity contribution is -0.159. The van der Waals surface area contributed by atoms with Gasteiger partial charge in [0, 0.05) is 31.0 Å². The van der Waals surface area contributed by atoms with Crippen LogP contribution in [0.4, 0.5) is 0 Å². The summed E-state index contributed by atoms with van der Waals surface area (Å²) in [6.07, 6.45) is 12.2. The number of ether oxygens (including phenoxy) is 1. The average molecular weight is 715 g/mol. The standard InChI is InChI=1S/C35H46N4O10S/c36-35(48,33(46)47)13-7-25(40)38-24(29(41)39-30(42)31(43)44)19-50-28-27-26-22(6-2-1-3-10-34(28)11-4-5-12-34)17-21(18-23(26)32(45)49-27)16-20-8-14-37-15-9-20/h8-9,14-15,18,22-24,28,30,42,48H,1-7,10-13,16-17,19,36H2,(H,38,40)(H,39,41)(H,43,44)(H,46,47)/t22-,23+,24-,28-,30-,35+/m0/s1. The van der Waals surface area contributed by atoms with Gasteiger partial charge in [0.2, 0.25) is 23.8 Å². The van der Waals surface area contributed by atoms with Gasteiger partial charge in [-0.05, 0) is 73.1 Å². The van der Waals surface area contributed by atoms with Gasteiger partial charge in [0.15, 0.2) is 0 Å². The van der Waals surface area contributed by atoms with Crippen LogP contribution < -0.4 is 16.4 Å². The third-order valence-corrected chi connectivity index (χ3v) is 12.0. The van der Waals surface area contributed by atoms with E-state index in [1.807, 2.05) is 23.5 Å². The zero-order valence-corrected chi connectivity index (χ0v) is 28.7. The number of pyridine rings is 1. The highest BCUT2D eigenvalue weighted by Gasteiger charge is 2.51. The Balaban J connectivity index is 1.46. The highest BCUT2D eigenvalue weighted by molar-refractivity contribution is 8.00. The Morgan fingerprint density at radius 1 is 1.06 bits per heavy atom. The van der Waals surface area contributed by atoms with E-state index < -0.39 is 60.5 Å². The fourth-order valence-electron chi connectivity index (χ4n) is 7.86. The summed E-state index contributed by atoms with van der Waals surface area (Å²) in [4.78, 5) is 66.6. The molecule has 1 fully saturated rings. The van der Waals surface area contributed by atoms with Gasteiger partial charge in [-0.2, -0.15) is 0 Å². The van der Waals surface area contributed by atoms with Gasteiger partial charge in [-0.15, -0.1) is 11.8 Å². The first-order valence-electron chi connectivity index (χ1n) is 17.2. The van der Waals surface area contributed by atoms with Crippen LogP contribution >= 0.6 is 11.8 Å². The van der Waals surface area contributed by atoms with Crippen LogP contribution in [-0.4, -0.2) is 84.1 Å². The van der Waals surface area contributed by atoms with Crippen molar-refractivity contribution in [2.45, 2.75) is 107 Å². The number of aliphatic hydroxyl groups is 2. The minimum atomic E-state index is -2.67. The molecule has 14 nitrogen and oxygen atoms in total. The molecule has 8 N–H and O–H groups in total. The third-order valence-electron chi connectivity index (χ3n) is 10.4. The lowest BCUT2D eigenvalue weighted by Crippen LogP contribution is -2.54. The molecule has 50 heavy (non-hydrogen) atoms. The Bertz CT molecular complexity index is 1520. The summed E-state index contributed by atoms with van der Waals surface area (Å²) in [5.41, 5.74) is 5.72. The number of aliphatic carboxylic acids is 2. The number of esters is 1. The largest absolute Gasteiger partial charge is 0.478 e. The lowest BCUT2D eigenvalue weighted by atomic mass is 9.70. The van der Waals surface area contributed by atoms with Crippen LogP contribution in [0, 0.1) is 17.3 Å². The van der Waals surface area contributed by atoms with Gasteiger partial charge in [0.25, 0.3) is 0 Å². The first-order valence-corrected chi connectivity index (χ1v) is 18.3. The number of hydrogen-bond donors (Lipinski definition) is 7. The Morgan fingerprint density at radius 3 is 2.40 bits per heavy atom. The van der Waals surface area contributed by atoms with Crippen molar-refractivity contribution in [3.63, 3.8) is 0 Å². The van der Waals surface area contributed by atoms with Crippen LogP contribution in [0.2, 0.25) is 0 Å². The summed E-state index contributed by atoms with van der Waals surface area (Å²) in [6, 6.07) is 2.58. The molecule has 1 aromatic rings. The Morgan fingerprint density at radius 2 is 1.74 bits per heavy atom. The van der Waals surface area contributed by atoms with Crippen molar-refractivity contribution in [3.8, 4) is 0 Å². The highest BCUT2D eigenvalue weighted by Crippen LogP contribution is 2.56. The monoisotopic (exact) mass is 714 g/mol. The minimum Gasteiger partial charge on any atom is -0.478 e. The maximum Gasteiger partial charge on any atom is 0.353 e. The highest BCUT2D eigenvalue weighted by atomic mass is 32.2. The predicted molar refractivity (Wildman–Crippen MR) is 181 cm³/mol. The first-order chi connectivity index (χ1) is 23.8. The van der Waals surface area contributed by atoms with Gasteiger partial charge >= 0.3 is 17.9 Å². The number of aliphatic hydroxyl groups excluding tert-OH is 1. The van der Waals surface area contributed by atoms with E-state index >= 15 is 0 Å². The van der Waals surface area contributed by atoms with Crippen molar-refractivity contribution in [1.82, 2.24) is 15.6 Å². The predicted octanol–water partition coefficient (Wildman–Crippen LogP) is 2.14. The number of carboxylic acid groups (broad SMARTS) is 2. The van der Waals surface area contributed by atoms with Gasteiger partial charge in [0.05, 0.1) is 5.25 Å². The van der Waals surface area contributed by atoms with E-state index in [1.165, 1.54) is 17.3 Å². The molecule has 2 heterocycles. The summed E-state index contributed by atoms with van der Waals surface area (Å²) in [6.45, 7) is 0. The fourth-order valence-corrected chi connectivity index (χ4v) is 9.52. The molecular weight excluding hydrogens is 668 g/mol. The number of allylic oxidation sites excluding steroid dienone is 1. The van der Waals surface area contributed by atoms with E-state index in [9.17, 15) is 39.3 Å². The van der Waals surface area contributed by atoms with Gasteiger partial charge < -0.3 is 35.8 Å². The number of hydrogen-bond acceptors (Lipinski definition) is 11. The molecule has 272 valence electrons. The molecule has 1 aromatic heterocycles. The Kier molecular flexibility index (Phi) is 12.0. The molecule has 0 unspecified atom stereocenters. The van der Waals surface area contributed by atoms with E-state index in [0.717, 1.165) is 75.3 Å². The molecule has 1 aliphatic heterocycles. The maximum absolute atomic E-state index is 13.7. The number of thioether (sulfide) groups is 1. The molecule has 6 atom stereocenters. The molecule has 5 rings (SSSR count). The Labute approximate surface area is 294 Å². The van der Waals surface area contributed by atoms with Gasteiger partial charge in [-0.1, -0.05) is 43.8 Å². The number of amides is 2. The van der Waals surface area contributed by atoms with Crippen molar-refractivity contribution in [2.24, 2.45) is 23.0 Å². The molecule has 1 spiro atoms. The smallest absolute Gasteiger partial charge is 0.353 e. The third kappa shape index (κ3) is 8.74. The molecular formula is C35H46N4O10S. The number of carbonyl (C=O) groups excluding carboxylic acids is 3. The van der Waals surface area contributed by atoms with Crippen LogP contribution in [0.3, 0.4) is 0 Å². The van der Waals surface area contributed by atoms with Gasteiger partial charge in [0.1, 0.15) is 17.7 Å². The van der Waals surface area contributed by atoms with Crippen molar-refractivity contribution in [2.75, 3.05) is 5.75 Å². The van der Waals surface area contributed by atoms with E-state index in [-0.39, 0.29) is 28.3 Å². The summed E-state index contributed by atoms with van der Waals surface area (Å²) in [5.74, 6) is -5.40. The normalized spacial score (nSPS) is 25.4. The van der Waals surface area contributed by atoms with Crippen molar-refractivity contribution in [1.29, 1.82) is 0 Å². The molecule has 15 heteroatoms. The van der Waals surface area contributed by atoms with Crippen molar-refractivity contribution < 1.29 is 49.1 Å². The van der Waals surface area contributed by atoms with Crippen molar-refractivity contribution >= 4 is 41.5 Å².